The van der Waals surface area contributed by atoms with Crippen LogP contribution in [0.3, 0.4) is 0 Å². The van der Waals surface area contributed by atoms with E-state index in [2.05, 4.69) is 11.4 Å². The summed E-state index contributed by atoms with van der Waals surface area (Å²) >= 11 is 1.73. The minimum Gasteiger partial charge on any atom is -0.497 e. The van der Waals surface area contributed by atoms with Gasteiger partial charge in [-0.2, -0.15) is 0 Å². The number of amides is 2. The average Bonchev–Trinajstić information content (AvgIpc) is 3.61. The topological polar surface area (TPSA) is 59.1 Å². The van der Waals surface area contributed by atoms with Crippen molar-refractivity contribution in [3.05, 3.63) is 81.5 Å². The number of hydrogen-bond donors (Lipinski definition) is 0. The Labute approximate surface area is 210 Å². The number of rotatable bonds is 8. The van der Waals surface area contributed by atoms with Crippen molar-refractivity contribution in [2.24, 2.45) is 0 Å². The van der Waals surface area contributed by atoms with Gasteiger partial charge >= 0.3 is 0 Å². The summed E-state index contributed by atoms with van der Waals surface area (Å²) in [6, 6.07) is 17.1. The molecular weight excluding hydrogens is 460 g/mol. The third-order valence-electron chi connectivity index (χ3n) is 6.78. The molecular formula is C28H30N2O4S. The van der Waals surface area contributed by atoms with E-state index in [1.54, 1.807) is 41.5 Å². The SMILES string of the molecule is COc1cccc(C(=O)N(CC(=O)N2CCc3sccc3C2COc2ccccc2C)C2CC2)c1. The zero-order valence-corrected chi connectivity index (χ0v) is 20.9. The molecule has 3 aromatic rings. The van der Waals surface area contributed by atoms with Crippen molar-refractivity contribution in [1.29, 1.82) is 0 Å². The molecule has 182 valence electrons. The molecule has 0 bridgehead atoms. The molecule has 0 radical (unpaired) electrons. The van der Waals surface area contributed by atoms with E-state index in [9.17, 15) is 9.59 Å². The normalized spacial score (nSPS) is 17.0. The van der Waals surface area contributed by atoms with Gasteiger partial charge in [0.1, 0.15) is 24.7 Å². The number of methoxy groups -OCH3 is 1. The predicted octanol–water partition coefficient (Wildman–Crippen LogP) is 4.87. The Balaban J connectivity index is 1.35. The quantitative estimate of drug-likeness (QED) is 0.452. The maximum Gasteiger partial charge on any atom is 0.254 e. The maximum absolute atomic E-state index is 13.7. The van der Waals surface area contributed by atoms with E-state index in [1.807, 2.05) is 42.2 Å². The number of aryl methyl sites for hydroxylation is 1. The van der Waals surface area contributed by atoms with Gasteiger partial charge < -0.3 is 19.3 Å². The minimum absolute atomic E-state index is 0.0385. The van der Waals surface area contributed by atoms with Crippen molar-refractivity contribution < 1.29 is 19.1 Å². The van der Waals surface area contributed by atoms with Gasteiger partial charge in [-0.1, -0.05) is 24.3 Å². The van der Waals surface area contributed by atoms with Gasteiger partial charge in [0.25, 0.3) is 5.91 Å². The molecule has 1 aliphatic heterocycles. The highest BCUT2D eigenvalue weighted by Gasteiger charge is 2.38. The van der Waals surface area contributed by atoms with Crippen molar-refractivity contribution >= 4 is 23.2 Å². The van der Waals surface area contributed by atoms with E-state index in [-0.39, 0.29) is 30.4 Å². The molecule has 2 aromatic carbocycles. The molecule has 2 aliphatic rings. The first-order valence-corrected chi connectivity index (χ1v) is 12.9. The van der Waals surface area contributed by atoms with Gasteiger partial charge in [0.15, 0.2) is 0 Å². The van der Waals surface area contributed by atoms with Crippen molar-refractivity contribution in [2.75, 3.05) is 26.8 Å². The van der Waals surface area contributed by atoms with E-state index in [4.69, 9.17) is 9.47 Å². The Morgan fingerprint density at radius 3 is 2.71 bits per heavy atom. The predicted molar refractivity (Wildman–Crippen MR) is 136 cm³/mol. The highest BCUT2D eigenvalue weighted by atomic mass is 32.1. The lowest BCUT2D eigenvalue weighted by Crippen LogP contribution is -2.48. The van der Waals surface area contributed by atoms with E-state index in [0.29, 0.717) is 24.5 Å². The lowest BCUT2D eigenvalue weighted by molar-refractivity contribution is -0.135. The fourth-order valence-corrected chi connectivity index (χ4v) is 5.60. The summed E-state index contributed by atoms with van der Waals surface area (Å²) in [6.07, 6.45) is 2.68. The third-order valence-corrected chi connectivity index (χ3v) is 7.77. The molecule has 0 N–H and O–H groups in total. The van der Waals surface area contributed by atoms with Gasteiger partial charge in [0, 0.05) is 23.0 Å². The van der Waals surface area contributed by atoms with Crippen molar-refractivity contribution in [2.45, 2.75) is 38.3 Å². The summed E-state index contributed by atoms with van der Waals surface area (Å²) in [4.78, 5) is 32.0. The van der Waals surface area contributed by atoms with Crippen LogP contribution >= 0.6 is 11.3 Å². The lowest BCUT2D eigenvalue weighted by atomic mass is 10.00. The summed E-state index contributed by atoms with van der Waals surface area (Å²) in [7, 11) is 1.58. The fourth-order valence-electron chi connectivity index (χ4n) is 4.67. The van der Waals surface area contributed by atoms with Gasteiger partial charge in [0.05, 0.1) is 13.2 Å². The minimum atomic E-state index is -0.176. The van der Waals surface area contributed by atoms with Gasteiger partial charge in [-0.25, -0.2) is 0 Å². The van der Waals surface area contributed by atoms with Crippen LogP contribution in [-0.2, 0) is 11.2 Å². The van der Waals surface area contributed by atoms with Crippen LogP contribution in [-0.4, -0.2) is 54.5 Å². The molecule has 2 amide bonds. The Morgan fingerprint density at radius 2 is 1.94 bits per heavy atom. The standard InChI is InChI=1S/C28H30N2O4S/c1-19-6-3-4-9-25(19)34-18-24-23-13-15-35-26(23)12-14-29(24)27(31)17-30(21-10-11-21)28(32)20-7-5-8-22(16-20)33-2/h3-9,13,15-16,21,24H,10-12,14,17-18H2,1-2H3. The van der Waals surface area contributed by atoms with E-state index >= 15 is 0 Å². The molecule has 1 aromatic heterocycles. The van der Waals surface area contributed by atoms with Crippen LogP contribution in [0.5, 0.6) is 11.5 Å². The molecule has 0 saturated heterocycles. The molecule has 1 aliphatic carbocycles. The second-order valence-corrected chi connectivity index (χ2v) is 10.1. The summed E-state index contributed by atoms with van der Waals surface area (Å²) in [5.74, 6) is 1.30. The number of carbonyl (C=O) groups is 2. The lowest BCUT2D eigenvalue weighted by Gasteiger charge is -2.37. The molecule has 1 unspecified atom stereocenters. The first kappa shape index (κ1) is 23.4. The number of carbonyl (C=O) groups excluding carboxylic acids is 2. The number of fused-ring (bicyclic) bond motifs is 1. The number of hydrogen-bond acceptors (Lipinski definition) is 5. The number of para-hydroxylation sites is 1. The first-order chi connectivity index (χ1) is 17.0. The van der Waals surface area contributed by atoms with Crippen LogP contribution in [0.25, 0.3) is 0 Å². The largest absolute Gasteiger partial charge is 0.497 e. The fraction of sp³-hybridized carbons (Fsp3) is 0.357. The second-order valence-electron chi connectivity index (χ2n) is 9.12. The Hall–Kier alpha value is -3.32. The molecule has 2 heterocycles. The molecule has 1 atom stereocenters. The zero-order chi connectivity index (χ0) is 24.4. The molecule has 5 rings (SSSR count). The molecule has 1 fully saturated rings. The highest BCUT2D eigenvalue weighted by molar-refractivity contribution is 7.10. The summed E-state index contributed by atoms with van der Waals surface area (Å²) < 4.78 is 11.5. The Morgan fingerprint density at radius 1 is 1.11 bits per heavy atom. The number of ether oxygens (including phenoxy) is 2. The average molecular weight is 491 g/mol. The Bertz CT molecular complexity index is 1220. The van der Waals surface area contributed by atoms with Crippen LogP contribution in [0.1, 0.15) is 45.2 Å². The number of thiophene rings is 1. The summed E-state index contributed by atoms with van der Waals surface area (Å²) in [6.45, 7) is 3.10. The molecule has 0 spiro atoms. The molecule has 7 heteroatoms. The van der Waals surface area contributed by atoms with Crippen molar-refractivity contribution in [1.82, 2.24) is 9.80 Å². The van der Waals surface area contributed by atoms with Crippen molar-refractivity contribution in [3.8, 4) is 11.5 Å². The zero-order valence-electron chi connectivity index (χ0n) is 20.1. The van der Waals surface area contributed by atoms with E-state index < -0.39 is 0 Å². The first-order valence-electron chi connectivity index (χ1n) is 12.0. The summed E-state index contributed by atoms with van der Waals surface area (Å²) in [5, 5.41) is 2.09. The second kappa shape index (κ2) is 10.1. The van der Waals surface area contributed by atoms with Crippen LogP contribution < -0.4 is 9.47 Å². The van der Waals surface area contributed by atoms with Gasteiger partial charge in [0.2, 0.25) is 5.91 Å². The third kappa shape index (κ3) is 5.05. The van der Waals surface area contributed by atoms with Gasteiger partial charge in [-0.3, -0.25) is 9.59 Å². The van der Waals surface area contributed by atoms with Crippen LogP contribution in [0, 0.1) is 6.92 Å². The molecule has 6 nitrogen and oxygen atoms in total. The monoisotopic (exact) mass is 490 g/mol. The van der Waals surface area contributed by atoms with Crippen molar-refractivity contribution in [3.63, 3.8) is 0 Å². The van der Waals surface area contributed by atoms with Gasteiger partial charge in [-0.15, -0.1) is 11.3 Å². The van der Waals surface area contributed by atoms with Crippen LogP contribution in [0.15, 0.2) is 60.0 Å². The molecule has 1 saturated carbocycles. The van der Waals surface area contributed by atoms with Crippen LogP contribution in [0.4, 0.5) is 0 Å². The Kier molecular flexibility index (Phi) is 6.77. The summed E-state index contributed by atoms with van der Waals surface area (Å²) in [5.41, 5.74) is 2.76. The number of benzene rings is 2. The van der Waals surface area contributed by atoms with E-state index in [1.165, 1.54) is 4.88 Å². The molecule has 35 heavy (non-hydrogen) atoms. The smallest absolute Gasteiger partial charge is 0.254 e. The highest BCUT2D eigenvalue weighted by Crippen LogP contribution is 2.35. The maximum atomic E-state index is 13.7. The van der Waals surface area contributed by atoms with E-state index in [0.717, 1.165) is 36.1 Å². The van der Waals surface area contributed by atoms with Gasteiger partial charge in [-0.05, 0) is 73.0 Å². The number of nitrogens with zero attached hydrogens (tertiary/aromatic N) is 2. The van der Waals surface area contributed by atoms with Crippen LogP contribution in [0.2, 0.25) is 0 Å².